The summed E-state index contributed by atoms with van der Waals surface area (Å²) in [5.41, 5.74) is -0.645. The fourth-order valence-corrected chi connectivity index (χ4v) is 3.49. The molecule has 0 radical (unpaired) electrons. The van der Waals surface area contributed by atoms with Crippen molar-refractivity contribution in [1.82, 2.24) is 24.6 Å². The number of nitrogens with one attached hydrogen (secondary N) is 1. The van der Waals surface area contributed by atoms with Crippen molar-refractivity contribution in [2.75, 3.05) is 31.5 Å². The number of benzene rings is 1. The number of halogens is 3. The molecule has 0 bridgehead atoms. The van der Waals surface area contributed by atoms with Crippen LogP contribution in [-0.4, -0.2) is 56.8 Å². The Hall–Kier alpha value is -2.62. The molecule has 1 aliphatic carbocycles. The second kappa shape index (κ2) is 7.66. The molecule has 1 saturated heterocycles. The van der Waals surface area contributed by atoms with E-state index in [0.717, 1.165) is 23.8 Å². The lowest BCUT2D eigenvalue weighted by Gasteiger charge is -2.34. The molecule has 1 saturated carbocycles. The first kappa shape index (κ1) is 19.7. The Morgan fingerprint density at radius 2 is 1.90 bits per heavy atom. The van der Waals surface area contributed by atoms with Gasteiger partial charge in [-0.1, -0.05) is 6.07 Å². The van der Waals surface area contributed by atoms with Crippen molar-refractivity contribution < 1.29 is 18.0 Å². The first-order chi connectivity index (χ1) is 13.8. The molecule has 7 nitrogen and oxygen atoms in total. The minimum absolute atomic E-state index is 0.138. The summed E-state index contributed by atoms with van der Waals surface area (Å²) < 4.78 is 40.5. The number of nitrogens with zero attached hydrogens (tertiary/aromatic N) is 5. The molecule has 2 amide bonds. The van der Waals surface area contributed by atoms with Gasteiger partial charge in [-0.3, -0.25) is 4.90 Å². The zero-order valence-electron chi connectivity index (χ0n) is 16.1. The average molecular weight is 408 g/mol. The van der Waals surface area contributed by atoms with Crippen LogP contribution in [0.2, 0.25) is 0 Å². The molecule has 10 heteroatoms. The molecule has 0 atom stereocenters. The summed E-state index contributed by atoms with van der Waals surface area (Å²) in [4.78, 5) is 16.2. The number of amides is 2. The second-order valence-electron chi connectivity index (χ2n) is 7.58. The molecule has 4 rings (SSSR count). The smallest absolute Gasteiger partial charge is 0.322 e. The summed E-state index contributed by atoms with van der Waals surface area (Å²) in [6, 6.07) is 4.27. The normalized spacial score (nSPS) is 18.1. The van der Waals surface area contributed by atoms with Gasteiger partial charge in [-0.2, -0.15) is 13.2 Å². The van der Waals surface area contributed by atoms with Crippen LogP contribution in [0, 0.1) is 0 Å². The number of piperazine rings is 1. The number of carbonyl (C=O) groups excluding carboxylic acids is 1. The topological polar surface area (TPSA) is 66.3 Å². The molecule has 1 N–H and O–H groups in total. The molecule has 2 aromatic rings. The van der Waals surface area contributed by atoms with Crippen molar-refractivity contribution in [1.29, 1.82) is 0 Å². The molecule has 2 fully saturated rings. The maximum Gasteiger partial charge on any atom is 0.416 e. The van der Waals surface area contributed by atoms with Crippen molar-refractivity contribution in [2.45, 2.75) is 31.5 Å². The number of aromatic nitrogens is 3. The number of hydrogen-bond acceptors (Lipinski definition) is 4. The van der Waals surface area contributed by atoms with Gasteiger partial charge in [-0.25, -0.2) is 4.79 Å². The lowest BCUT2D eigenvalue weighted by molar-refractivity contribution is -0.137. The lowest BCUT2D eigenvalue weighted by atomic mass is 10.2. The third-order valence-corrected chi connectivity index (χ3v) is 5.41. The van der Waals surface area contributed by atoms with Crippen LogP contribution in [0.1, 0.15) is 36.0 Å². The summed E-state index contributed by atoms with van der Waals surface area (Å²) in [6.07, 6.45) is -2.09. The Kier molecular flexibility index (Phi) is 5.20. The van der Waals surface area contributed by atoms with E-state index >= 15 is 0 Å². The summed E-state index contributed by atoms with van der Waals surface area (Å²) in [5, 5.41) is 11.1. The van der Waals surface area contributed by atoms with Gasteiger partial charge >= 0.3 is 12.2 Å². The van der Waals surface area contributed by atoms with Gasteiger partial charge in [0, 0.05) is 44.8 Å². The number of alkyl halides is 3. The Morgan fingerprint density at radius 1 is 1.17 bits per heavy atom. The summed E-state index contributed by atoms with van der Waals surface area (Å²) in [6.45, 7) is 3.00. The Morgan fingerprint density at radius 3 is 2.55 bits per heavy atom. The largest absolute Gasteiger partial charge is 0.416 e. The SMILES string of the molecule is Cn1c(CN2CCN(C(=O)Nc3cccc(C(F)(F)F)c3)CC2)nnc1C1CC1. The number of rotatable bonds is 4. The molecule has 29 heavy (non-hydrogen) atoms. The van der Waals surface area contributed by atoms with E-state index < -0.39 is 17.8 Å². The van der Waals surface area contributed by atoms with Crippen LogP contribution in [0.3, 0.4) is 0 Å². The first-order valence-electron chi connectivity index (χ1n) is 9.65. The van der Waals surface area contributed by atoms with Gasteiger partial charge in [0.25, 0.3) is 0 Å². The summed E-state index contributed by atoms with van der Waals surface area (Å²) >= 11 is 0. The Bertz CT molecular complexity index is 884. The van der Waals surface area contributed by atoms with E-state index in [9.17, 15) is 18.0 Å². The van der Waals surface area contributed by atoms with Crippen molar-refractivity contribution in [3.05, 3.63) is 41.5 Å². The van der Waals surface area contributed by atoms with Crippen molar-refractivity contribution >= 4 is 11.7 Å². The quantitative estimate of drug-likeness (QED) is 0.845. The maximum atomic E-state index is 12.8. The predicted octanol–water partition coefficient (Wildman–Crippen LogP) is 3.06. The second-order valence-corrected chi connectivity index (χ2v) is 7.58. The maximum absolute atomic E-state index is 12.8. The zero-order chi connectivity index (χ0) is 20.6. The van der Waals surface area contributed by atoms with E-state index in [1.165, 1.54) is 25.0 Å². The van der Waals surface area contributed by atoms with Gasteiger partial charge < -0.3 is 14.8 Å². The predicted molar refractivity (Wildman–Crippen MR) is 100 cm³/mol. The molecular weight excluding hydrogens is 385 g/mol. The molecule has 0 unspecified atom stereocenters. The minimum Gasteiger partial charge on any atom is -0.322 e. The molecule has 2 heterocycles. The van der Waals surface area contributed by atoms with Crippen LogP contribution in [0.25, 0.3) is 0 Å². The number of carbonyl (C=O) groups is 1. The van der Waals surface area contributed by atoms with Gasteiger partial charge in [0.05, 0.1) is 12.1 Å². The van der Waals surface area contributed by atoms with Crippen LogP contribution < -0.4 is 5.32 Å². The number of urea groups is 1. The highest BCUT2D eigenvalue weighted by atomic mass is 19.4. The van der Waals surface area contributed by atoms with Gasteiger partial charge in [0.2, 0.25) is 0 Å². The highest BCUT2D eigenvalue weighted by Gasteiger charge is 2.31. The molecule has 1 aromatic heterocycles. The van der Waals surface area contributed by atoms with E-state index in [0.29, 0.717) is 38.6 Å². The third kappa shape index (κ3) is 4.52. The molecule has 156 valence electrons. The van der Waals surface area contributed by atoms with Gasteiger partial charge in [0.15, 0.2) is 0 Å². The molecule has 1 aromatic carbocycles. The molecule has 2 aliphatic rings. The van der Waals surface area contributed by atoms with E-state index in [4.69, 9.17) is 0 Å². The van der Waals surface area contributed by atoms with Gasteiger partial charge in [0.1, 0.15) is 11.6 Å². The van der Waals surface area contributed by atoms with Crippen LogP contribution >= 0.6 is 0 Å². The highest BCUT2D eigenvalue weighted by Crippen LogP contribution is 2.38. The monoisotopic (exact) mass is 408 g/mol. The molecular formula is C19H23F3N6O. The van der Waals surface area contributed by atoms with Gasteiger partial charge in [-0.15, -0.1) is 10.2 Å². The standard InChI is InChI=1S/C19H23F3N6O/c1-26-16(24-25-17(26)13-5-6-13)12-27-7-9-28(10-8-27)18(29)23-15-4-2-3-14(11-15)19(20,21)22/h2-4,11,13H,5-10,12H2,1H3,(H,23,29). The van der Waals surface area contributed by atoms with Crippen LogP contribution in [0.5, 0.6) is 0 Å². The minimum atomic E-state index is -4.44. The lowest BCUT2D eigenvalue weighted by Crippen LogP contribution is -2.49. The number of hydrogen-bond donors (Lipinski definition) is 1. The highest BCUT2D eigenvalue weighted by molar-refractivity contribution is 5.89. The Balaban J connectivity index is 1.30. The van der Waals surface area contributed by atoms with E-state index in [1.807, 2.05) is 7.05 Å². The van der Waals surface area contributed by atoms with E-state index in [2.05, 4.69) is 25.0 Å². The number of anilines is 1. The Labute approximate surface area is 166 Å². The van der Waals surface area contributed by atoms with Crippen LogP contribution in [-0.2, 0) is 19.8 Å². The van der Waals surface area contributed by atoms with Crippen molar-refractivity contribution in [2.24, 2.45) is 7.05 Å². The van der Waals surface area contributed by atoms with E-state index in [1.54, 1.807) is 4.90 Å². The van der Waals surface area contributed by atoms with Crippen LogP contribution in [0.4, 0.5) is 23.7 Å². The fourth-order valence-electron chi connectivity index (χ4n) is 3.49. The van der Waals surface area contributed by atoms with E-state index in [-0.39, 0.29) is 5.69 Å². The summed E-state index contributed by atoms with van der Waals surface area (Å²) in [7, 11) is 1.99. The zero-order valence-corrected chi connectivity index (χ0v) is 16.1. The van der Waals surface area contributed by atoms with Crippen molar-refractivity contribution in [3.63, 3.8) is 0 Å². The fraction of sp³-hybridized carbons (Fsp3) is 0.526. The molecule has 1 aliphatic heterocycles. The molecule has 0 spiro atoms. The van der Waals surface area contributed by atoms with Crippen molar-refractivity contribution in [3.8, 4) is 0 Å². The first-order valence-corrected chi connectivity index (χ1v) is 9.65. The third-order valence-electron chi connectivity index (χ3n) is 5.41. The van der Waals surface area contributed by atoms with Crippen LogP contribution in [0.15, 0.2) is 24.3 Å². The average Bonchev–Trinajstić information content (AvgIpc) is 3.46. The van der Waals surface area contributed by atoms with Gasteiger partial charge in [-0.05, 0) is 31.0 Å². The summed E-state index contributed by atoms with van der Waals surface area (Å²) in [5.74, 6) is 2.49.